The first-order chi connectivity index (χ1) is 6.77. The molecular weight excluding hydrogens is 179 g/mol. The van der Waals surface area contributed by atoms with Crippen LogP contribution in [-0.2, 0) is 0 Å². The zero-order chi connectivity index (χ0) is 9.97. The van der Waals surface area contributed by atoms with Gasteiger partial charge in [0.15, 0.2) is 0 Å². The largest absolute Gasteiger partial charge is 0.397 e. The first kappa shape index (κ1) is 8.69. The molecule has 0 bridgehead atoms. The molecular formula is C11H9FN2. The summed E-state index contributed by atoms with van der Waals surface area (Å²) in [5.74, 6) is -0.265. The topological polar surface area (TPSA) is 38.9 Å². The minimum Gasteiger partial charge on any atom is -0.397 e. The van der Waals surface area contributed by atoms with Crippen molar-refractivity contribution in [2.75, 3.05) is 5.73 Å². The van der Waals surface area contributed by atoms with Crippen molar-refractivity contribution in [2.45, 2.75) is 0 Å². The first-order valence-corrected chi connectivity index (χ1v) is 4.23. The molecule has 2 N–H and O–H groups in total. The highest BCUT2D eigenvalue weighted by Crippen LogP contribution is 2.24. The minimum absolute atomic E-state index is 0.265. The van der Waals surface area contributed by atoms with Crippen LogP contribution in [0.15, 0.2) is 42.7 Å². The Kier molecular flexibility index (Phi) is 2.14. The summed E-state index contributed by atoms with van der Waals surface area (Å²) in [6, 6.07) is 8.09. The number of benzene rings is 1. The van der Waals surface area contributed by atoms with Crippen molar-refractivity contribution < 1.29 is 4.39 Å². The predicted octanol–water partition coefficient (Wildman–Crippen LogP) is 2.47. The highest BCUT2D eigenvalue weighted by atomic mass is 19.1. The summed E-state index contributed by atoms with van der Waals surface area (Å²) in [4.78, 5) is 3.87. The summed E-state index contributed by atoms with van der Waals surface area (Å²) in [6.07, 6.45) is 3.19. The molecule has 0 aliphatic carbocycles. The van der Waals surface area contributed by atoms with Gasteiger partial charge in [-0.15, -0.1) is 0 Å². The monoisotopic (exact) mass is 188 g/mol. The lowest BCUT2D eigenvalue weighted by atomic mass is 10.1. The summed E-state index contributed by atoms with van der Waals surface area (Å²) in [5.41, 5.74) is 7.85. The third kappa shape index (κ3) is 1.57. The van der Waals surface area contributed by atoms with Crippen LogP contribution < -0.4 is 5.73 Å². The van der Waals surface area contributed by atoms with Gasteiger partial charge < -0.3 is 5.73 Å². The van der Waals surface area contributed by atoms with E-state index in [1.165, 1.54) is 12.1 Å². The van der Waals surface area contributed by atoms with E-state index < -0.39 is 0 Å². The average molecular weight is 188 g/mol. The van der Waals surface area contributed by atoms with Crippen LogP contribution in [0.4, 0.5) is 10.1 Å². The van der Waals surface area contributed by atoms with E-state index in [1.807, 2.05) is 6.07 Å². The molecule has 0 atom stereocenters. The Labute approximate surface area is 81.2 Å². The Balaban J connectivity index is 2.55. The molecule has 0 radical (unpaired) electrons. The van der Waals surface area contributed by atoms with Gasteiger partial charge in [0.25, 0.3) is 0 Å². The fraction of sp³-hybridized carbons (Fsp3) is 0. The van der Waals surface area contributed by atoms with Crippen LogP contribution in [0.25, 0.3) is 11.1 Å². The van der Waals surface area contributed by atoms with Crippen LogP contribution >= 0.6 is 0 Å². The van der Waals surface area contributed by atoms with Crippen LogP contribution in [0.1, 0.15) is 0 Å². The number of rotatable bonds is 1. The lowest BCUT2D eigenvalue weighted by Gasteiger charge is -2.04. The molecule has 14 heavy (non-hydrogen) atoms. The summed E-state index contributed by atoms with van der Waals surface area (Å²) in [5, 5.41) is 0. The molecule has 0 aliphatic heterocycles. The highest BCUT2D eigenvalue weighted by molar-refractivity contribution is 5.75. The maximum atomic E-state index is 12.9. The lowest BCUT2D eigenvalue weighted by Crippen LogP contribution is -1.90. The first-order valence-electron chi connectivity index (χ1n) is 4.23. The fourth-order valence-electron chi connectivity index (χ4n) is 1.33. The smallest absolute Gasteiger partial charge is 0.123 e. The van der Waals surface area contributed by atoms with Gasteiger partial charge in [0.05, 0.1) is 11.9 Å². The summed E-state index contributed by atoms with van der Waals surface area (Å²) >= 11 is 0. The number of aromatic nitrogens is 1. The molecule has 1 heterocycles. The molecule has 0 spiro atoms. The average Bonchev–Trinajstić information content (AvgIpc) is 2.18. The van der Waals surface area contributed by atoms with E-state index in [1.54, 1.807) is 24.5 Å². The van der Waals surface area contributed by atoms with Crippen molar-refractivity contribution in [1.82, 2.24) is 4.98 Å². The van der Waals surface area contributed by atoms with Gasteiger partial charge in [-0.25, -0.2) is 4.39 Å². The molecule has 0 fully saturated rings. The Morgan fingerprint density at radius 1 is 1.21 bits per heavy atom. The number of nitrogen functional groups attached to an aromatic ring is 1. The van der Waals surface area contributed by atoms with Gasteiger partial charge >= 0.3 is 0 Å². The maximum Gasteiger partial charge on any atom is 0.123 e. The van der Waals surface area contributed by atoms with Crippen LogP contribution in [0.2, 0.25) is 0 Å². The van der Waals surface area contributed by atoms with E-state index in [9.17, 15) is 4.39 Å². The lowest BCUT2D eigenvalue weighted by molar-refractivity contribution is 0.628. The predicted molar refractivity (Wildman–Crippen MR) is 54.0 cm³/mol. The molecule has 70 valence electrons. The second-order valence-electron chi connectivity index (χ2n) is 2.97. The van der Waals surface area contributed by atoms with E-state index in [2.05, 4.69) is 4.98 Å². The van der Waals surface area contributed by atoms with Gasteiger partial charge in [-0.3, -0.25) is 4.98 Å². The molecule has 1 aromatic carbocycles. The molecule has 0 unspecified atom stereocenters. The molecule has 0 saturated heterocycles. The van der Waals surface area contributed by atoms with Crippen LogP contribution in [0, 0.1) is 5.82 Å². The second-order valence-corrected chi connectivity index (χ2v) is 2.97. The number of hydrogen-bond acceptors (Lipinski definition) is 2. The van der Waals surface area contributed by atoms with Gasteiger partial charge in [-0.2, -0.15) is 0 Å². The number of nitrogens with zero attached hydrogens (tertiary/aromatic N) is 1. The number of hydrogen-bond donors (Lipinski definition) is 1. The van der Waals surface area contributed by atoms with E-state index in [-0.39, 0.29) is 5.82 Å². The molecule has 0 aliphatic rings. The van der Waals surface area contributed by atoms with Gasteiger partial charge in [0.2, 0.25) is 0 Å². The molecule has 1 aromatic heterocycles. The molecule has 0 saturated carbocycles. The molecule has 2 nitrogen and oxygen atoms in total. The van der Waals surface area contributed by atoms with Gasteiger partial charge in [0, 0.05) is 11.8 Å². The minimum atomic E-state index is -0.265. The molecule has 2 aromatic rings. The Morgan fingerprint density at radius 2 is 2.07 bits per heavy atom. The number of pyridine rings is 1. The third-order valence-corrected chi connectivity index (χ3v) is 1.99. The van der Waals surface area contributed by atoms with Crippen molar-refractivity contribution in [1.29, 1.82) is 0 Å². The van der Waals surface area contributed by atoms with Gasteiger partial charge in [-0.1, -0.05) is 12.1 Å². The SMILES string of the molecule is Nc1cnccc1-c1cccc(F)c1. The van der Waals surface area contributed by atoms with E-state index in [4.69, 9.17) is 5.73 Å². The second kappa shape index (κ2) is 3.46. The summed E-state index contributed by atoms with van der Waals surface area (Å²) in [7, 11) is 0. The normalized spacial score (nSPS) is 10.1. The van der Waals surface area contributed by atoms with E-state index in [0.717, 1.165) is 11.1 Å². The standard InChI is InChI=1S/C11H9FN2/c12-9-3-1-2-8(6-9)10-4-5-14-7-11(10)13/h1-7H,13H2. The zero-order valence-corrected chi connectivity index (χ0v) is 7.44. The van der Waals surface area contributed by atoms with Crippen LogP contribution in [0.3, 0.4) is 0 Å². The zero-order valence-electron chi connectivity index (χ0n) is 7.44. The van der Waals surface area contributed by atoms with Crippen molar-refractivity contribution in [3.8, 4) is 11.1 Å². The van der Waals surface area contributed by atoms with Crippen molar-refractivity contribution >= 4 is 5.69 Å². The molecule has 0 amide bonds. The highest BCUT2D eigenvalue weighted by Gasteiger charge is 2.02. The molecule has 2 rings (SSSR count). The van der Waals surface area contributed by atoms with Crippen LogP contribution in [-0.4, -0.2) is 4.98 Å². The Morgan fingerprint density at radius 3 is 2.79 bits per heavy atom. The van der Waals surface area contributed by atoms with Gasteiger partial charge in [0.1, 0.15) is 5.82 Å². The van der Waals surface area contributed by atoms with E-state index >= 15 is 0 Å². The van der Waals surface area contributed by atoms with Crippen molar-refractivity contribution in [3.05, 3.63) is 48.5 Å². The number of nitrogens with two attached hydrogens (primary N) is 1. The molecule has 3 heteroatoms. The quantitative estimate of drug-likeness (QED) is 0.746. The van der Waals surface area contributed by atoms with Gasteiger partial charge in [-0.05, 0) is 23.8 Å². The Hall–Kier alpha value is -1.90. The summed E-state index contributed by atoms with van der Waals surface area (Å²) in [6.45, 7) is 0. The Bertz CT molecular complexity index is 455. The number of anilines is 1. The van der Waals surface area contributed by atoms with Crippen LogP contribution in [0.5, 0.6) is 0 Å². The van der Waals surface area contributed by atoms with E-state index in [0.29, 0.717) is 5.69 Å². The maximum absolute atomic E-state index is 12.9. The number of halogens is 1. The fourth-order valence-corrected chi connectivity index (χ4v) is 1.33. The van der Waals surface area contributed by atoms with Crippen molar-refractivity contribution in [3.63, 3.8) is 0 Å². The van der Waals surface area contributed by atoms with Crippen molar-refractivity contribution in [2.24, 2.45) is 0 Å². The summed E-state index contributed by atoms with van der Waals surface area (Å²) < 4.78 is 12.9. The third-order valence-electron chi connectivity index (χ3n) is 1.99.